The van der Waals surface area contributed by atoms with Gasteiger partial charge in [0, 0.05) is 28.7 Å². The average Bonchev–Trinajstić information content (AvgIpc) is 3.56. The number of aliphatic imine (C=N–C) groups is 1. The molecule has 210 valence electrons. The lowest BCUT2D eigenvalue weighted by Crippen LogP contribution is -2.41. The minimum Gasteiger partial charge on any atom is -0.494 e. The van der Waals surface area contributed by atoms with Crippen molar-refractivity contribution in [3.63, 3.8) is 0 Å². The third kappa shape index (κ3) is 5.32. The zero-order chi connectivity index (χ0) is 28.5. The number of nitrogens with one attached hydrogen (secondary N) is 1. The summed E-state index contributed by atoms with van der Waals surface area (Å²) in [6, 6.07) is 16.6. The smallest absolute Gasteiger partial charge is 0.337 e. The summed E-state index contributed by atoms with van der Waals surface area (Å²) < 4.78 is 18.7. The summed E-state index contributed by atoms with van der Waals surface area (Å²) >= 11 is 0. The molecule has 0 atom stereocenters. The van der Waals surface area contributed by atoms with Crippen LogP contribution >= 0.6 is 0 Å². The molecule has 2 aliphatic heterocycles. The molecule has 2 aliphatic rings. The zero-order valence-electron chi connectivity index (χ0n) is 22.8. The molecule has 0 aliphatic carbocycles. The number of carbonyl (C=O) groups is 2. The highest BCUT2D eigenvalue weighted by molar-refractivity contribution is 6.22. The summed E-state index contributed by atoms with van der Waals surface area (Å²) in [5.74, 6) is -0.882. The number of H-pyrrole nitrogens is 1. The van der Waals surface area contributed by atoms with Gasteiger partial charge in [0.1, 0.15) is 5.82 Å². The first kappa shape index (κ1) is 26.7. The number of methoxy groups -OCH3 is 1. The Bertz CT molecular complexity index is 1650. The van der Waals surface area contributed by atoms with E-state index in [0.29, 0.717) is 52.1 Å². The van der Waals surface area contributed by atoms with Gasteiger partial charge >= 0.3 is 5.97 Å². The summed E-state index contributed by atoms with van der Waals surface area (Å²) in [5, 5.41) is 11.6. The normalized spacial score (nSPS) is 15.8. The van der Waals surface area contributed by atoms with Crippen molar-refractivity contribution in [2.75, 3.05) is 38.2 Å². The lowest BCUT2D eigenvalue weighted by Gasteiger charge is -2.28. The Kier molecular flexibility index (Phi) is 7.28. The number of aromatic amines is 1. The SMILES string of the molecule is COC(=O)c1ccc2c(C(=Nc3ccc4c(c3)CCN4C(=O)CN3CCCCC3)c3ccc(F)cc3)c(O)[nH]c2c1. The average molecular weight is 555 g/mol. The van der Waals surface area contributed by atoms with Crippen molar-refractivity contribution in [2.24, 2.45) is 4.99 Å². The van der Waals surface area contributed by atoms with Crippen LogP contribution in [-0.4, -0.2) is 65.9 Å². The number of esters is 1. The molecule has 1 fully saturated rings. The summed E-state index contributed by atoms with van der Waals surface area (Å²) in [6.07, 6.45) is 4.23. The summed E-state index contributed by atoms with van der Waals surface area (Å²) in [7, 11) is 1.31. The molecule has 3 heterocycles. The summed E-state index contributed by atoms with van der Waals surface area (Å²) in [4.78, 5) is 37.1. The Morgan fingerprint density at radius 2 is 1.73 bits per heavy atom. The highest BCUT2D eigenvalue weighted by Crippen LogP contribution is 2.35. The Labute approximate surface area is 237 Å². The number of hydrogen-bond donors (Lipinski definition) is 2. The minimum atomic E-state index is -0.489. The molecule has 0 saturated carbocycles. The molecule has 8 nitrogen and oxygen atoms in total. The molecule has 41 heavy (non-hydrogen) atoms. The quantitative estimate of drug-likeness (QED) is 0.248. The number of anilines is 1. The van der Waals surface area contributed by atoms with Crippen LogP contribution in [0.4, 0.5) is 15.8 Å². The summed E-state index contributed by atoms with van der Waals surface area (Å²) in [5.41, 5.74) is 4.93. The molecule has 0 unspecified atom stereocenters. The molecule has 1 aromatic heterocycles. The van der Waals surface area contributed by atoms with Crippen LogP contribution in [0.2, 0.25) is 0 Å². The van der Waals surface area contributed by atoms with Crippen LogP contribution in [0.1, 0.15) is 46.3 Å². The van der Waals surface area contributed by atoms with Gasteiger partial charge in [0.25, 0.3) is 0 Å². The molecular formula is C32H31FN4O4. The van der Waals surface area contributed by atoms with Crippen molar-refractivity contribution < 1.29 is 23.8 Å². The maximum Gasteiger partial charge on any atom is 0.337 e. The van der Waals surface area contributed by atoms with E-state index < -0.39 is 5.97 Å². The van der Waals surface area contributed by atoms with Crippen molar-refractivity contribution >= 4 is 39.9 Å². The number of aromatic nitrogens is 1. The first-order valence-electron chi connectivity index (χ1n) is 13.8. The lowest BCUT2D eigenvalue weighted by molar-refractivity contribution is -0.119. The first-order chi connectivity index (χ1) is 19.9. The number of halogens is 1. The van der Waals surface area contributed by atoms with Crippen LogP contribution in [0.5, 0.6) is 5.88 Å². The predicted octanol–water partition coefficient (Wildman–Crippen LogP) is 5.34. The highest BCUT2D eigenvalue weighted by Gasteiger charge is 2.27. The largest absolute Gasteiger partial charge is 0.494 e. The Morgan fingerprint density at radius 1 is 0.976 bits per heavy atom. The van der Waals surface area contributed by atoms with Gasteiger partial charge in [-0.3, -0.25) is 9.69 Å². The molecule has 3 aromatic carbocycles. The van der Waals surface area contributed by atoms with Gasteiger partial charge in [-0.2, -0.15) is 0 Å². The van der Waals surface area contributed by atoms with Crippen molar-refractivity contribution in [2.45, 2.75) is 25.7 Å². The molecule has 0 radical (unpaired) electrons. The van der Waals surface area contributed by atoms with Crippen LogP contribution < -0.4 is 4.90 Å². The van der Waals surface area contributed by atoms with E-state index in [1.54, 1.807) is 30.3 Å². The fourth-order valence-electron chi connectivity index (χ4n) is 5.78. The number of aromatic hydroxyl groups is 1. The van der Waals surface area contributed by atoms with E-state index in [-0.39, 0.29) is 17.6 Å². The van der Waals surface area contributed by atoms with Gasteiger partial charge in [-0.25, -0.2) is 14.2 Å². The minimum absolute atomic E-state index is 0.115. The number of carbonyl (C=O) groups excluding carboxylic acids is 2. The first-order valence-corrected chi connectivity index (χ1v) is 13.8. The molecule has 1 saturated heterocycles. The van der Waals surface area contributed by atoms with Crippen LogP contribution in [-0.2, 0) is 16.0 Å². The fourth-order valence-corrected chi connectivity index (χ4v) is 5.78. The van der Waals surface area contributed by atoms with E-state index in [1.165, 1.54) is 25.7 Å². The van der Waals surface area contributed by atoms with E-state index in [0.717, 1.165) is 43.6 Å². The van der Waals surface area contributed by atoms with Crippen LogP contribution in [0, 0.1) is 5.82 Å². The highest BCUT2D eigenvalue weighted by atomic mass is 19.1. The van der Waals surface area contributed by atoms with E-state index >= 15 is 0 Å². The third-order valence-electron chi connectivity index (χ3n) is 7.86. The number of benzene rings is 3. The van der Waals surface area contributed by atoms with Gasteiger partial charge in [0.2, 0.25) is 5.91 Å². The van der Waals surface area contributed by atoms with Gasteiger partial charge in [0.15, 0.2) is 5.88 Å². The van der Waals surface area contributed by atoms with Crippen LogP contribution in [0.15, 0.2) is 65.7 Å². The number of fused-ring (bicyclic) bond motifs is 2. The number of amides is 1. The number of rotatable bonds is 6. The van der Waals surface area contributed by atoms with E-state index in [4.69, 9.17) is 9.73 Å². The van der Waals surface area contributed by atoms with Crippen LogP contribution in [0.3, 0.4) is 0 Å². The Morgan fingerprint density at radius 3 is 2.49 bits per heavy atom. The second-order valence-electron chi connectivity index (χ2n) is 10.5. The van der Waals surface area contributed by atoms with Gasteiger partial charge in [-0.15, -0.1) is 0 Å². The molecule has 1 amide bonds. The Hall–Kier alpha value is -4.50. The van der Waals surface area contributed by atoms with Gasteiger partial charge in [-0.1, -0.05) is 12.5 Å². The predicted molar refractivity (Wildman–Crippen MR) is 156 cm³/mol. The van der Waals surface area contributed by atoms with Gasteiger partial charge in [0.05, 0.1) is 36.2 Å². The molecule has 0 bridgehead atoms. The van der Waals surface area contributed by atoms with Crippen LogP contribution in [0.25, 0.3) is 10.9 Å². The van der Waals surface area contributed by atoms with Crippen molar-refractivity contribution in [1.82, 2.24) is 9.88 Å². The monoisotopic (exact) mass is 554 g/mol. The summed E-state index contributed by atoms with van der Waals surface area (Å²) in [6.45, 7) is 3.01. The molecule has 6 rings (SSSR count). The number of hydrogen-bond acceptors (Lipinski definition) is 6. The van der Waals surface area contributed by atoms with E-state index in [1.807, 2.05) is 23.1 Å². The fraction of sp³-hybridized carbons (Fsp3) is 0.281. The van der Waals surface area contributed by atoms with E-state index in [9.17, 15) is 19.1 Å². The second kappa shape index (κ2) is 11.2. The number of piperidine rings is 1. The Balaban J connectivity index is 1.37. The third-order valence-corrected chi connectivity index (χ3v) is 7.86. The second-order valence-corrected chi connectivity index (χ2v) is 10.5. The van der Waals surface area contributed by atoms with Crippen molar-refractivity contribution in [3.8, 4) is 5.88 Å². The number of likely N-dealkylation sites (tertiary alicyclic amines) is 1. The van der Waals surface area contributed by atoms with Crippen molar-refractivity contribution in [3.05, 3.63) is 88.7 Å². The molecular weight excluding hydrogens is 523 g/mol. The topological polar surface area (TPSA) is 98.2 Å². The standard InChI is InChI=1S/C32H31FN4O4/c1-41-32(40)22-7-11-25-26(18-22)35-31(39)29(25)30(20-5-8-23(33)9-6-20)34-24-10-12-27-21(17-24)13-16-37(27)28(38)19-36-14-3-2-4-15-36/h5-12,17-18,35,39H,2-4,13-16,19H2,1H3. The van der Waals surface area contributed by atoms with Gasteiger partial charge < -0.3 is 19.7 Å². The van der Waals surface area contributed by atoms with E-state index in [2.05, 4.69) is 9.88 Å². The maximum atomic E-state index is 13.8. The molecule has 2 N–H and O–H groups in total. The molecule has 4 aromatic rings. The number of ether oxygens (including phenoxy) is 1. The molecule has 9 heteroatoms. The van der Waals surface area contributed by atoms with Gasteiger partial charge in [-0.05, 0) is 92.5 Å². The lowest BCUT2D eigenvalue weighted by atomic mass is 10.00. The number of nitrogens with zero attached hydrogens (tertiary/aromatic N) is 3. The van der Waals surface area contributed by atoms with Crippen molar-refractivity contribution in [1.29, 1.82) is 0 Å². The zero-order valence-corrected chi connectivity index (χ0v) is 22.8. The maximum absolute atomic E-state index is 13.8. The molecule has 0 spiro atoms.